The van der Waals surface area contributed by atoms with Gasteiger partial charge in [-0.05, 0) is 32.1 Å². The van der Waals surface area contributed by atoms with E-state index in [0.717, 1.165) is 0 Å². The van der Waals surface area contributed by atoms with Gasteiger partial charge in [0.2, 0.25) is 0 Å². The number of rotatable bonds is 3. The molecule has 1 aliphatic rings. The molecule has 0 heterocycles. The van der Waals surface area contributed by atoms with Crippen molar-refractivity contribution in [1.29, 1.82) is 0 Å². The van der Waals surface area contributed by atoms with Gasteiger partial charge in [0, 0.05) is 16.0 Å². The van der Waals surface area contributed by atoms with Crippen LogP contribution in [0.1, 0.15) is 40.5 Å². The lowest BCUT2D eigenvalue weighted by atomic mass is 9.88. The number of aliphatic hydroxyl groups is 1. The molecule has 0 radical (unpaired) electrons. The number of aliphatic hydroxyl groups excluding tert-OH is 1. The standard InChI is InChI=1S/C11H23NOS/c1-10(2)6-5-8(9(10)12)14-11(3,4)7-13/h8-9,13H,5-7,12H2,1-4H3. The van der Waals surface area contributed by atoms with Gasteiger partial charge in [-0.1, -0.05) is 13.8 Å². The summed E-state index contributed by atoms with van der Waals surface area (Å²) in [6, 6.07) is 0.262. The van der Waals surface area contributed by atoms with Crippen molar-refractivity contribution in [1.82, 2.24) is 0 Å². The van der Waals surface area contributed by atoms with Gasteiger partial charge in [-0.15, -0.1) is 11.8 Å². The van der Waals surface area contributed by atoms with Crippen LogP contribution in [0.5, 0.6) is 0 Å². The van der Waals surface area contributed by atoms with Gasteiger partial charge in [0.1, 0.15) is 0 Å². The van der Waals surface area contributed by atoms with Crippen LogP contribution in [0.3, 0.4) is 0 Å². The second kappa shape index (κ2) is 4.03. The summed E-state index contributed by atoms with van der Waals surface area (Å²) in [6.07, 6.45) is 2.38. The second-order valence-electron chi connectivity index (χ2n) is 5.63. The smallest absolute Gasteiger partial charge is 0.0572 e. The summed E-state index contributed by atoms with van der Waals surface area (Å²) >= 11 is 1.84. The van der Waals surface area contributed by atoms with Crippen molar-refractivity contribution in [2.45, 2.75) is 56.6 Å². The van der Waals surface area contributed by atoms with E-state index in [1.807, 2.05) is 11.8 Å². The minimum absolute atomic E-state index is 0.0529. The van der Waals surface area contributed by atoms with Crippen LogP contribution in [0.25, 0.3) is 0 Å². The van der Waals surface area contributed by atoms with Gasteiger partial charge in [0.05, 0.1) is 6.61 Å². The molecule has 14 heavy (non-hydrogen) atoms. The lowest BCUT2D eigenvalue weighted by molar-refractivity contribution is 0.264. The monoisotopic (exact) mass is 217 g/mol. The Morgan fingerprint density at radius 3 is 2.43 bits per heavy atom. The molecule has 0 saturated heterocycles. The van der Waals surface area contributed by atoms with Gasteiger partial charge in [0.25, 0.3) is 0 Å². The largest absolute Gasteiger partial charge is 0.395 e. The second-order valence-corrected chi connectivity index (χ2v) is 7.57. The van der Waals surface area contributed by atoms with E-state index in [1.54, 1.807) is 0 Å². The lowest BCUT2D eigenvalue weighted by Crippen LogP contribution is -2.40. The van der Waals surface area contributed by atoms with Crippen molar-refractivity contribution < 1.29 is 5.11 Å². The Kier molecular flexibility index (Phi) is 3.55. The van der Waals surface area contributed by atoms with Crippen LogP contribution in [-0.2, 0) is 0 Å². The molecule has 0 aromatic rings. The highest BCUT2D eigenvalue weighted by atomic mass is 32.2. The topological polar surface area (TPSA) is 46.2 Å². The van der Waals surface area contributed by atoms with Gasteiger partial charge in [-0.25, -0.2) is 0 Å². The average molecular weight is 217 g/mol. The molecule has 0 aliphatic heterocycles. The highest BCUT2D eigenvalue weighted by Gasteiger charge is 2.41. The Morgan fingerprint density at radius 1 is 1.50 bits per heavy atom. The fourth-order valence-electron chi connectivity index (χ4n) is 1.94. The minimum Gasteiger partial charge on any atom is -0.395 e. The quantitative estimate of drug-likeness (QED) is 0.760. The summed E-state index contributed by atoms with van der Waals surface area (Å²) in [7, 11) is 0. The molecule has 1 fully saturated rings. The molecule has 0 aromatic heterocycles. The van der Waals surface area contributed by atoms with E-state index in [9.17, 15) is 5.11 Å². The van der Waals surface area contributed by atoms with Crippen molar-refractivity contribution in [3.8, 4) is 0 Å². The molecule has 1 aliphatic carbocycles. The summed E-state index contributed by atoms with van der Waals surface area (Å²) in [5.74, 6) is 0. The Morgan fingerprint density at radius 2 is 2.07 bits per heavy atom. The van der Waals surface area contributed by atoms with Crippen LogP contribution in [-0.4, -0.2) is 27.8 Å². The summed E-state index contributed by atoms with van der Waals surface area (Å²) in [6.45, 7) is 8.86. The molecule has 0 amide bonds. The number of hydrogen-bond acceptors (Lipinski definition) is 3. The lowest BCUT2D eigenvalue weighted by Gasteiger charge is -2.31. The first kappa shape index (κ1) is 12.3. The van der Waals surface area contributed by atoms with E-state index < -0.39 is 0 Å². The number of nitrogens with two attached hydrogens (primary N) is 1. The molecule has 2 nitrogen and oxygen atoms in total. The summed E-state index contributed by atoms with van der Waals surface area (Å²) in [5, 5.41) is 9.72. The molecule has 0 spiro atoms. The van der Waals surface area contributed by atoms with Crippen LogP contribution >= 0.6 is 11.8 Å². The average Bonchev–Trinajstić information content (AvgIpc) is 2.32. The Bertz CT molecular complexity index is 203. The predicted molar refractivity (Wildman–Crippen MR) is 63.5 cm³/mol. The van der Waals surface area contributed by atoms with E-state index in [1.165, 1.54) is 12.8 Å². The highest BCUT2D eigenvalue weighted by Crippen LogP contribution is 2.45. The molecule has 1 rings (SSSR count). The SMILES string of the molecule is CC(C)(CO)SC1CCC(C)(C)C1N. The zero-order chi connectivity index (χ0) is 11.0. The molecule has 0 aromatic carbocycles. The van der Waals surface area contributed by atoms with E-state index in [-0.39, 0.29) is 22.8 Å². The third-order valence-corrected chi connectivity index (χ3v) is 4.83. The summed E-state index contributed by atoms with van der Waals surface area (Å²) < 4.78 is -0.0529. The van der Waals surface area contributed by atoms with Crippen molar-refractivity contribution in [2.75, 3.05) is 6.61 Å². The van der Waals surface area contributed by atoms with Crippen molar-refractivity contribution >= 4 is 11.8 Å². The highest BCUT2D eigenvalue weighted by molar-refractivity contribution is 8.01. The molecule has 0 bridgehead atoms. The Labute approximate surface area is 91.6 Å². The van der Waals surface area contributed by atoms with Gasteiger partial charge in [-0.3, -0.25) is 0 Å². The molecule has 2 unspecified atom stereocenters. The zero-order valence-electron chi connectivity index (χ0n) is 9.71. The Balaban J connectivity index is 2.57. The molecule has 3 heteroatoms. The molecular weight excluding hydrogens is 194 g/mol. The molecule has 2 atom stereocenters. The van der Waals surface area contributed by atoms with Crippen LogP contribution in [0.2, 0.25) is 0 Å². The van der Waals surface area contributed by atoms with E-state index in [2.05, 4.69) is 27.7 Å². The summed E-state index contributed by atoms with van der Waals surface area (Å²) in [5.41, 5.74) is 6.48. The van der Waals surface area contributed by atoms with Crippen molar-refractivity contribution in [3.63, 3.8) is 0 Å². The number of thioether (sulfide) groups is 1. The zero-order valence-corrected chi connectivity index (χ0v) is 10.5. The van der Waals surface area contributed by atoms with Gasteiger partial charge >= 0.3 is 0 Å². The number of hydrogen-bond donors (Lipinski definition) is 2. The van der Waals surface area contributed by atoms with Gasteiger partial charge in [-0.2, -0.15) is 0 Å². The van der Waals surface area contributed by atoms with Crippen LogP contribution < -0.4 is 5.73 Å². The van der Waals surface area contributed by atoms with Crippen molar-refractivity contribution in [2.24, 2.45) is 11.1 Å². The fraction of sp³-hybridized carbons (Fsp3) is 1.00. The normalized spacial score (nSPS) is 32.1. The van der Waals surface area contributed by atoms with Gasteiger partial charge in [0.15, 0.2) is 0 Å². The third kappa shape index (κ3) is 2.65. The van der Waals surface area contributed by atoms with Crippen LogP contribution in [0.4, 0.5) is 0 Å². The maximum Gasteiger partial charge on any atom is 0.0572 e. The molecular formula is C11H23NOS. The molecule has 1 saturated carbocycles. The summed E-state index contributed by atoms with van der Waals surface area (Å²) in [4.78, 5) is 0. The predicted octanol–water partition coefficient (Wildman–Crippen LogP) is 2.01. The molecule has 84 valence electrons. The van der Waals surface area contributed by atoms with Gasteiger partial charge < -0.3 is 10.8 Å². The van der Waals surface area contributed by atoms with E-state index >= 15 is 0 Å². The van der Waals surface area contributed by atoms with E-state index in [0.29, 0.717) is 5.25 Å². The third-order valence-electron chi connectivity index (χ3n) is 3.23. The first-order valence-electron chi connectivity index (χ1n) is 5.33. The first-order chi connectivity index (χ1) is 6.28. The van der Waals surface area contributed by atoms with E-state index in [4.69, 9.17) is 5.73 Å². The minimum atomic E-state index is -0.0529. The maximum absolute atomic E-state index is 9.21. The van der Waals surface area contributed by atoms with Crippen molar-refractivity contribution in [3.05, 3.63) is 0 Å². The van der Waals surface area contributed by atoms with Crippen LogP contribution in [0.15, 0.2) is 0 Å². The first-order valence-corrected chi connectivity index (χ1v) is 6.21. The fourth-order valence-corrected chi connectivity index (χ4v) is 3.59. The molecule has 3 N–H and O–H groups in total. The van der Waals surface area contributed by atoms with Crippen LogP contribution in [0, 0.1) is 5.41 Å². The Hall–Kier alpha value is 0.270. The maximum atomic E-state index is 9.21.